The number of benzene rings is 1. The Morgan fingerprint density at radius 1 is 1.14 bits per heavy atom. The highest BCUT2D eigenvalue weighted by Crippen LogP contribution is 2.35. The van der Waals surface area contributed by atoms with Crippen LogP contribution in [0.1, 0.15) is 11.3 Å². The van der Waals surface area contributed by atoms with E-state index in [1.54, 1.807) is 12.1 Å². The molecule has 106 valence electrons. The number of aryl methyl sites for hydroxylation is 2. The Balaban J connectivity index is 1.96. The molecule has 4 nitrogen and oxygen atoms in total. The molecule has 1 aromatic heterocycles. The van der Waals surface area contributed by atoms with Gasteiger partial charge in [0.25, 0.3) is 11.1 Å². The molecule has 0 atom stereocenters. The second-order valence-electron chi connectivity index (χ2n) is 4.90. The highest BCUT2D eigenvalue weighted by Gasteiger charge is 2.36. The van der Waals surface area contributed by atoms with Gasteiger partial charge in [-0.3, -0.25) is 9.59 Å². The van der Waals surface area contributed by atoms with Crippen LogP contribution < -0.4 is 4.90 Å². The molecule has 0 saturated carbocycles. The lowest BCUT2D eigenvalue weighted by Gasteiger charge is -2.12. The third-order valence-corrected chi connectivity index (χ3v) is 4.19. The Morgan fingerprint density at radius 2 is 1.95 bits per heavy atom. The summed E-state index contributed by atoms with van der Waals surface area (Å²) in [6.45, 7) is 1.93. The average molecular weight is 298 g/mol. The molecule has 3 rings (SSSR count). The number of thioether (sulfide) groups is 1. The van der Waals surface area contributed by atoms with Crippen LogP contribution in [0.4, 0.5) is 10.5 Å². The van der Waals surface area contributed by atoms with Crippen LogP contribution in [0.5, 0.6) is 0 Å². The fraction of sp³-hybridized carbons (Fsp3) is 0.125. The number of amides is 2. The zero-order chi connectivity index (χ0) is 15.0. The standard InChI is InChI=1S/C16H14N2O2S/c1-11-5-3-6-13(9-11)18-15(19)14(21-16(18)20)10-12-7-4-8-17(12)2/h3-10H,1-2H3/b14-10+. The first-order valence-electron chi connectivity index (χ1n) is 6.52. The molecule has 1 aliphatic heterocycles. The SMILES string of the molecule is Cc1cccc(N2C(=O)S/C(=C/c3cccn3C)C2=O)c1. The molecule has 1 fully saturated rings. The summed E-state index contributed by atoms with van der Waals surface area (Å²) in [6, 6.07) is 11.2. The molecule has 2 heterocycles. The summed E-state index contributed by atoms with van der Waals surface area (Å²) >= 11 is 0.975. The highest BCUT2D eigenvalue weighted by atomic mass is 32.2. The molecule has 5 heteroatoms. The number of nitrogens with zero attached hydrogens (tertiary/aromatic N) is 2. The van der Waals surface area contributed by atoms with E-state index in [0.29, 0.717) is 10.6 Å². The van der Waals surface area contributed by atoms with E-state index in [9.17, 15) is 9.59 Å². The maximum absolute atomic E-state index is 12.5. The molecular weight excluding hydrogens is 284 g/mol. The maximum atomic E-state index is 12.5. The van der Waals surface area contributed by atoms with Gasteiger partial charge in [-0.2, -0.15) is 0 Å². The van der Waals surface area contributed by atoms with Crippen LogP contribution in [0.15, 0.2) is 47.5 Å². The van der Waals surface area contributed by atoms with Gasteiger partial charge in [0.2, 0.25) is 0 Å². The summed E-state index contributed by atoms with van der Waals surface area (Å²) in [5.41, 5.74) is 2.52. The lowest BCUT2D eigenvalue weighted by atomic mass is 10.2. The number of carbonyl (C=O) groups is 2. The highest BCUT2D eigenvalue weighted by molar-refractivity contribution is 8.19. The lowest BCUT2D eigenvalue weighted by molar-refractivity contribution is -0.113. The van der Waals surface area contributed by atoms with Gasteiger partial charge in [-0.15, -0.1) is 0 Å². The fourth-order valence-electron chi connectivity index (χ4n) is 2.22. The molecule has 2 aromatic rings. The van der Waals surface area contributed by atoms with Crippen LogP contribution >= 0.6 is 11.8 Å². The van der Waals surface area contributed by atoms with Gasteiger partial charge in [0.05, 0.1) is 10.6 Å². The van der Waals surface area contributed by atoms with Gasteiger partial charge in [-0.1, -0.05) is 12.1 Å². The molecule has 1 aliphatic rings. The molecule has 2 amide bonds. The van der Waals surface area contributed by atoms with Gasteiger partial charge in [0, 0.05) is 18.9 Å². The Kier molecular flexibility index (Phi) is 3.43. The van der Waals surface area contributed by atoms with E-state index in [0.717, 1.165) is 23.0 Å². The summed E-state index contributed by atoms with van der Waals surface area (Å²) in [4.78, 5) is 26.3. The van der Waals surface area contributed by atoms with Crippen molar-refractivity contribution in [2.75, 3.05) is 4.90 Å². The number of aromatic nitrogens is 1. The first-order chi connectivity index (χ1) is 10.1. The number of rotatable bonds is 2. The van der Waals surface area contributed by atoms with Gasteiger partial charge in [-0.25, -0.2) is 4.90 Å². The molecule has 1 aromatic carbocycles. The minimum Gasteiger partial charge on any atom is -0.351 e. The predicted molar refractivity (Wildman–Crippen MR) is 85.0 cm³/mol. The molecule has 21 heavy (non-hydrogen) atoms. The molecule has 0 aliphatic carbocycles. The van der Waals surface area contributed by atoms with Crippen molar-refractivity contribution in [1.29, 1.82) is 0 Å². The zero-order valence-corrected chi connectivity index (χ0v) is 12.6. The smallest absolute Gasteiger partial charge is 0.298 e. The molecule has 0 unspecified atom stereocenters. The largest absolute Gasteiger partial charge is 0.351 e. The number of anilines is 1. The molecule has 0 bridgehead atoms. The van der Waals surface area contributed by atoms with Crippen molar-refractivity contribution in [2.45, 2.75) is 6.92 Å². The van der Waals surface area contributed by atoms with E-state index in [1.807, 2.05) is 55.1 Å². The van der Waals surface area contributed by atoms with Crippen molar-refractivity contribution < 1.29 is 9.59 Å². The molecule has 0 N–H and O–H groups in total. The van der Waals surface area contributed by atoms with Crippen LogP contribution in [0.25, 0.3) is 6.08 Å². The topological polar surface area (TPSA) is 42.3 Å². The molecule has 0 radical (unpaired) electrons. The fourth-order valence-corrected chi connectivity index (χ4v) is 3.04. The van der Waals surface area contributed by atoms with E-state index in [2.05, 4.69) is 0 Å². The van der Waals surface area contributed by atoms with Gasteiger partial charge in [-0.05, 0) is 54.6 Å². The second kappa shape index (κ2) is 5.26. The zero-order valence-electron chi connectivity index (χ0n) is 11.7. The van der Waals surface area contributed by atoms with Crippen LogP contribution in [0.2, 0.25) is 0 Å². The van der Waals surface area contributed by atoms with Crippen LogP contribution in [-0.4, -0.2) is 15.7 Å². The van der Waals surface area contributed by atoms with E-state index >= 15 is 0 Å². The van der Waals surface area contributed by atoms with Crippen molar-refractivity contribution in [3.05, 3.63) is 58.8 Å². The Morgan fingerprint density at radius 3 is 2.62 bits per heavy atom. The van der Waals surface area contributed by atoms with Gasteiger partial charge in [0.1, 0.15) is 0 Å². The lowest BCUT2D eigenvalue weighted by Crippen LogP contribution is -2.27. The summed E-state index contributed by atoms with van der Waals surface area (Å²) in [5, 5.41) is -0.258. The monoisotopic (exact) mass is 298 g/mol. The molecule has 1 saturated heterocycles. The molecular formula is C16H14N2O2S. The summed E-state index contributed by atoms with van der Waals surface area (Å²) in [5.74, 6) is -0.267. The van der Waals surface area contributed by atoms with E-state index in [4.69, 9.17) is 0 Å². The third kappa shape index (κ3) is 2.52. The minimum atomic E-state index is -0.267. The molecule has 0 spiro atoms. The quantitative estimate of drug-likeness (QED) is 0.796. The number of hydrogen-bond acceptors (Lipinski definition) is 3. The van der Waals surface area contributed by atoms with Crippen molar-refractivity contribution in [3.8, 4) is 0 Å². The third-order valence-electron chi connectivity index (χ3n) is 3.32. The first-order valence-corrected chi connectivity index (χ1v) is 7.34. The van der Waals surface area contributed by atoms with Crippen LogP contribution in [-0.2, 0) is 11.8 Å². The number of imide groups is 1. The van der Waals surface area contributed by atoms with Crippen molar-refractivity contribution in [3.63, 3.8) is 0 Å². The van der Waals surface area contributed by atoms with Crippen LogP contribution in [0.3, 0.4) is 0 Å². The van der Waals surface area contributed by atoms with Gasteiger partial charge in [0.15, 0.2) is 0 Å². The Hall–Kier alpha value is -2.27. The van der Waals surface area contributed by atoms with Gasteiger partial charge >= 0.3 is 0 Å². The Bertz CT molecular complexity index is 761. The van der Waals surface area contributed by atoms with Crippen molar-refractivity contribution in [2.24, 2.45) is 7.05 Å². The number of hydrogen-bond donors (Lipinski definition) is 0. The first kappa shape index (κ1) is 13.7. The number of carbonyl (C=O) groups excluding carboxylic acids is 2. The Labute approximate surface area is 127 Å². The van der Waals surface area contributed by atoms with E-state index in [-0.39, 0.29) is 11.1 Å². The predicted octanol–water partition coefficient (Wildman–Crippen LogP) is 3.57. The maximum Gasteiger partial charge on any atom is 0.298 e. The summed E-state index contributed by atoms with van der Waals surface area (Å²) in [7, 11) is 1.90. The summed E-state index contributed by atoms with van der Waals surface area (Å²) in [6.07, 6.45) is 3.65. The van der Waals surface area contributed by atoms with E-state index < -0.39 is 0 Å². The van der Waals surface area contributed by atoms with Gasteiger partial charge < -0.3 is 4.57 Å². The average Bonchev–Trinajstić information content (AvgIpc) is 2.95. The minimum absolute atomic E-state index is 0.258. The normalized spacial score (nSPS) is 17.0. The van der Waals surface area contributed by atoms with Crippen LogP contribution in [0, 0.1) is 6.92 Å². The van der Waals surface area contributed by atoms with E-state index in [1.165, 1.54) is 4.90 Å². The van der Waals surface area contributed by atoms with Crippen molar-refractivity contribution in [1.82, 2.24) is 4.57 Å². The van der Waals surface area contributed by atoms with Crippen molar-refractivity contribution >= 4 is 34.7 Å². The summed E-state index contributed by atoms with van der Waals surface area (Å²) < 4.78 is 1.90. The second-order valence-corrected chi connectivity index (χ2v) is 5.89.